The maximum atomic E-state index is 5.72. The number of ether oxygens (including phenoxy) is 3. The summed E-state index contributed by atoms with van der Waals surface area (Å²) in [5.74, 6) is 2.33. The van der Waals surface area contributed by atoms with E-state index >= 15 is 0 Å². The molecule has 0 spiro atoms. The fourth-order valence-corrected chi connectivity index (χ4v) is 2.67. The van der Waals surface area contributed by atoms with Crippen LogP contribution in [0.25, 0.3) is 0 Å². The van der Waals surface area contributed by atoms with E-state index in [0.29, 0.717) is 12.5 Å². The summed E-state index contributed by atoms with van der Waals surface area (Å²) < 4.78 is 16.8. The third-order valence-corrected chi connectivity index (χ3v) is 4.26. The average molecular weight is 491 g/mol. The number of nitrogens with one attached hydrogen (secondary N) is 2. The smallest absolute Gasteiger partial charge is 0.190 e. The van der Waals surface area contributed by atoms with Crippen LogP contribution in [0.1, 0.15) is 24.8 Å². The van der Waals surface area contributed by atoms with Crippen molar-refractivity contribution in [3.63, 3.8) is 0 Å². The molecule has 0 amide bonds. The van der Waals surface area contributed by atoms with Gasteiger partial charge in [0.25, 0.3) is 0 Å². The minimum Gasteiger partial charge on any atom is -0.494 e. The molecule has 1 heterocycles. The van der Waals surface area contributed by atoms with E-state index in [1.54, 1.807) is 7.05 Å². The number of aryl methyl sites for hydroxylation is 1. The fourth-order valence-electron chi connectivity index (χ4n) is 2.67. The summed E-state index contributed by atoms with van der Waals surface area (Å²) in [4.78, 5) is 4.23. The Kier molecular flexibility index (Phi) is 13.3. The predicted molar refractivity (Wildman–Crippen MR) is 120 cm³/mol. The van der Waals surface area contributed by atoms with E-state index in [2.05, 4.69) is 34.7 Å². The Morgan fingerprint density at radius 3 is 2.48 bits per heavy atom. The van der Waals surface area contributed by atoms with Crippen LogP contribution in [-0.4, -0.2) is 59.1 Å². The van der Waals surface area contributed by atoms with E-state index in [9.17, 15) is 0 Å². The molecular formula is C20H34IN3O3. The molecule has 0 aromatic heterocycles. The molecule has 1 saturated heterocycles. The molecule has 7 heteroatoms. The van der Waals surface area contributed by atoms with Gasteiger partial charge in [-0.2, -0.15) is 0 Å². The summed E-state index contributed by atoms with van der Waals surface area (Å²) >= 11 is 0. The Labute approximate surface area is 180 Å². The van der Waals surface area contributed by atoms with Crippen molar-refractivity contribution < 1.29 is 14.2 Å². The Morgan fingerprint density at radius 2 is 1.85 bits per heavy atom. The largest absolute Gasteiger partial charge is 0.494 e. The van der Waals surface area contributed by atoms with Crippen molar-refractivity contribution in [3.8, 4) is 5.75 Å². The second kappa shape index (κ2) is 14.9. The Morgan fingerprint density at radius 1 is 1.15 bits per heavy atom. The van der Waals surface area contributed by atoms with E-state index in [-0.39, 0.29) is 24.0 Å². The monoisotopic (exact) mass is 491 g/mol. The Balaban J connectivity index is 0.00000364. The molecule has 1 atom stereocenters. The first-order valence-corrected chi connectivity index (χ1v) is 9.57. The highest BCUT2D eigenvalue weighted by Crippen LogP contribution is 2.12. The van der Waals surface area contributed by atoms with Crippen molar-refractivity contribution in [1.29, 1.82) is 0 Å². The first kappa shape index (κ1) is 24.0. The fraction of sp³-hybridized carbons (Fsp3) is 0.650. The molecule has 2 rings (SSSR count). The molecule has 1 aliphatic rings. The number of nitrogens with zero attached hydrogens (tertiary/aromatic N) is 1. The SMILES string of the molecule is CN=C(NCCCOCC1CCOC1)NCCCOc1ccc(C)cc1.I. The average Bonchev–Trinajstić information content (AvgIpc) is 3.17. The Hall–Kier alpha value is -1.06. The van der Waals surface area contributed by atoms with Gasteiger partial charge in [-0.25, -0.2) is 0 Å². The maximum absolute atomic E-state index is 5.72. The van der Waals surface area contributed by atoms with Crippen LogP contribution in [0.4, 0.5) is 0 Å². The highest BCUT2D eigenvalue weighted by Gasteiger charge is 2.15. The molecule has 0 aliphatic carbocycles. The molecule has 27 heavy (non-hydrogen) atoms. The number of guanidine groups is 1. The van der Waals surface area contributed by atoms with Gasteiger partial charge in [-0.05, 0) is 38.3 Å². The molecular weight excluding hydrogens is 457 g/mol. The van der Waals surface area contributed by atoms with Gasteiger partial charge in [0.05, 0.1) is 19.8 Å². The van der Waals surface area contributed by atoms with Gasteiger partial charge < -0.3 is 24.8 Å². The molecule has 1 aromatic carbocycles. The van der Waals surface area contributed by atoms with Crippen LogP contribution in [0.2, 0.25) is 0 Å². The third kappa shape index (κ3) is 10.8. The van der Waals surface area contributed by atoms with Crippen LogP contribution in [0.15, 0.2) is 29.3 Å². The van der Waals surface area contributed by atoms with Crippen LogP contribution in [-0.2, 0) is 9.47 Å². The van der Waals surface area contributed by atoms with Crippen LogP contribution >= 0.6 is 24.0 Å². The van der Waals surface area contributed by atoms with Crippen molar-refractivity contribution in [3.05, 3.63) is 29.8 Å². The lowest BCUT2D eigenvalue weighted by molar-refractivity contribution is 0.0888. The molecule has 0 bridgehead atoms. The van der Waals surface area contributed by atoms with Crippen molar-refractivity contribution >= 4 is 29.9 Å². The number of hydrogen-bond donors (Lipinski definition) is 2. The van der Waals surface area contributed by atoms with Gasteiger partial charge >= 0.3 is 0 Å². The number of rotatable bonds is 11. The summed E-state index contributed by atoms with van der Waals surface area (Å²) in [6.45, 7) is 7.74. The molecule has 1 aromatic rings. The number of hydrogen-bond acceptors (Lipinski definition) is 4. The molecule has 6 nitrogen and oxygen atoms in total. The Bertz CT molecular complexity index is 520. The minimum absolute atomic E-state index is 0. The standard InChI is InChI=1S/C20H33N3O3.HI/c1-17-5-7-19(8-6-17)26-13-4-11-23-20(21-2)22-10-3-12-24-15-18-9-14-25-16-18;/h5-8,18H,3-4,9-16H2,1-2H3,(H2,21,22,23);1H. The second-order valence-corrected chi connectivity index (χ2v) is 6.60. The minimum atomic E-state index is 0. The number of aliphatic imine (C=N–C) groups is 1. The van der Waals surface area contributed by atoms with E-state index in [0.717, 1.165) is 70.5 Å². The van der Waals surface area contributed by atoms with Gasteiger partial charge in [0.1, 0.15) is 5.75 Å². The van der Waals surface area contributed by atoms with E-state index in [1.807, 2.05) is 12.1 Å². The zero-order chi connectivity index (χ0) is 18.5. The summed E-state index contributed by atoms with van der Waals surface area (Å²) in [7, 11) is 1.79. The lowest BCUT2D eigenvalue weighted by atomic mass is 10.1. The first-order chi connectivity index (χ1) is 12.8. The maximum Gasteiger partial charge on any atom is 0.190 e. The van der Waals surface area contributed by atoms with Gasteiger partial charge in [-0.1, -0.05) is 17.7 Å². The molecule has 0 radical (unpaired) electrons. The molecule has 0 saturated carbocycles. The van der Waals surface area contributed by atoms with Gasteiger partial charge in [-0.3, -0.25) is 4.99 Å². The lowest BCUT2D eigenvalue weighted by Gasteiger charge is -2.13. The normalized spacial score (nSPS) is 16.7. The zero-order valence-electron chi connectivity index (χ0n) is 16.5. The second-order valence-electron chi connectivity index (χ2n) is 6.60. The van der Waals surface area contributed by atoms with Crippen LogP contribution in [0, 0.1) is 12.8 Å². The van der Waals surface area contributed by atoms with E-state index < -0.39 is 0 Å². The summed E-state index contributed by atoms with van der Waals surface area (Å²) in [5, 5.41) is 6.61. The van der Waals surface area contributed by atoms with Gasteiger partial charge in [0.2, 0.25) is 0 Å². The van der Waals surface area contributed by atoms with E-state index in [4.69, 9.17) is 14.2 Å². The van der Waals surface area contributed by atoms with Crippen LogP contribution in [0.5, 0.6) is 5.75 Å². The predicted octanol–water partition coefficient (Wildman–Crippen LogP) is 2.99. The molecule has 1 unspecified atom stereocenters. The molecule has 154 valence electrons. The van der Waals surface area contributed by atoms with Gasteiger partial charge in [0, 0.05) is 39.3 Å². The highest BCUT2D eigenvalue weighted by molar-refractivity contribution is 14.0. The van der Waals surface area contributed by atoms with Crippen LogP contribution in [0.3, 0.4) is 0 Å². The quantitative estimate of drug-likeness (QED) is 0.216. The topological polar surface area (TPSA) is 64.1 Å². The summed E-state index contributed by atoms with van der Waals surface area (Å²) in [6.07, 6.45) is 3.01. The van der Waals surface area contributed by atoms with Crippen molar-refractivity contribution in [2.24, 2.45) is 10.9 Å². The van der Waals surface area contributed by atoms with Crippen molar-refractivity contribution in [1.82, 2.24) is 10.6 Å². The summed E-state index contributed by atoms with van der Waals surface area (Å²) in [5.41, 5.74) is 1.24. The van der Waals surface area contributed by atoms with E-state index in [1.165, 1.54) is 5.56 Å². The van der Waals surface area contributed by atoms with Crippen molar-refractivity contribution in [2.45, 2.75) is 26.2 Å². The molecule has 1 aliphatic heterocycles. The highest BCUT2D eigenvalue weighted by atomic mass is 127. The van der Waals surface area contributed by atoms with Crippen molar-refractivity contribution in [2.75, 3.05) is 53.2 Å². The number of benzene rings is 1. The zero-order valence-corrected chi connectivity index (χ0v) is 18.9. The van der Waals surface area contributed by atoms with Gasteiger partial charge in [0.15, 0.2) is 5.96 Å². The molecule has 1 fully saturated rings. The number of halogens is 1. The third-order valence-electron chi connectivity index (χ3n) is 4.26. The summed E-state index contributed by atoms with van der Waals surface area (Å²) in [6, 6.07) is 8.13. The first-order valence-electron chi connectivity index (χ1n) is 9.57. The van der Waals surface area contributed by atoms with Gasteiger partial charge in [-0.15, -0.1) is 24.0 Å². The lowest BCUT2D eigenvalue weighted by Crippen LogP contribution is -2.38. The van der Waals surface area contributed by atoms with Crippen LogP contribution < -0.4 is 15.4 Å². The molecule has 2 N–H and O–H groups in total.